The van der Waals surface area contributed by atoms with Gasteiger partial charge in [-0.25, -0.2) is 4.79 Å². The maximum absolute atomic E-state index is 12.2. The molecule has 1 amide bonds. The van der Waals surface area contributed by atoms with Crippen LogP contribution in [0.3, 0.4) is 0 Å². The summed E-state index contributed by atoms with van der Waals surface area (Å²) in [4.78, 5) is 34.6. The smallest absolute Gasteiger partial charge is 0.342 e. The lowest BCUT2D eigenvalue weighted by molar-refractivity contribution is -0.383. The lowest BCUT2D eigenvalue weighted by atomic mass is 10.2. The van der Waals surface area contributed by atoms with Gasteiger partial charge in [0, 0.05) is 6.07 Å². The minimum Gasteiger partial charge on any atom is -0.507 e. The molecule has 26 heavy (non-hydrogen) atoms. The Labute approximate surface area is 148 Å². The number of methoxy groups -OCH3 is 1. The van der Waals surface area contributed by atoms with Gasteiger partial charge in [-0.3, -0.25) is 14.9 Å². The second-order valence-electron chi connectivity index (χ2n) is 5.19. The van der Waals surface area contributed by atoms with Gasteiger partial charge in [-0.15, -0.1) is 0 Å². The molecule has 9 heteroatoms. The summed E-state index contributed by atoms with van der Waals surface area (Å²) in [5, 5.41) is 23.1. The number of nitro groups is 1. The van der Waals surface area contributed by atoms with E-state index >= 15 is 0 Å². The molecule has 0 aliphatic heterocycles. The lowest BCUT2D eigenvalue weighted by Crippen LogP contribution is -2.30. The zero-order valence-electron chi connectivity index (χ0n) is 14.0. The standard InChI is InChI=1S/C17H16N2O7/c1-10(16(21)18-13-5-3-4-6-14(13)19(23)24)26-17(22)12-9-11(25-2)7-8-15(12)20/h3-10,20H,1-2H3,(H,18,21)/t10-/m1/s1. The van der Waals surface area contributed by atoms with Crippen molar-refractivity contribution in [2.24, 2.45) is 0 Å². The first-order valence-electron chi connectivity index (χ1n) is 7.45. The predicted octanol–water partition coefficient (Wildman–Crippen LogP) is 2.49. The Kier molecular flexibility index (Phi) is 5.74. The number of carbonyl (C=O) groups is 2. The first-order valence-corrected chi connectivity index (χ1v) is 7.45. The van der Waals surface area contributed by atoms with Crippen molar-refractivity contribution in [1.82, 2.24) is 0 Å². The number of ether oxygens (including phenoxy) is 2. The topological polar surface area (TPSA) is 128 Å². The Morgan fingerprint density at radius 2 is 1.92 bits per heavy atom. The Hall–Kier alpha value is -3.62. The quantitative estimate of drug-likeness (QED) is 0.460. The van der Waals surface area contributed by atoms with Crippen LogP contribution >= 0.6 is 0 Å². The maximum Gasteiger partial charge on any atom is 0.342 e. The lowest BCUT2D eigenvalue weighted by Gasteiger charge is -2.14. The molecule has 2 aromatic carbocycles. The van der Waals surface area contributed by atoms with E-state index in [-0.39, 0.29) is 22.7 Å². The van der Waals surface area contributed by atoms with Crippen molar-refractivity contribution in [2.75, 3.05) is 12.4 Å². The molecule has 0 bridgehead atoms. The molecule has 0 saturated carbocycles. The maximum atomic E-state index is 12.2. The summed E-state index contributed by atoms with van der Waals surface area (Å²) < 4.78 is 9.98. The number of carbonyl (C=O) groups excluding carboxylic acids is 2. The number of phenols is 1. The highest BCUT2D eigenvalue weighted by atomic mass is 16.6. The fourth-order valence-corrected chi connectivity index (χ4v) is 2.06. The van der Waals surface area contributed by atoms with Gasteiger partial charge >= 0.3 is 5.97 Å². The second kappa shape index (κ2) is 7.97. The van der Waals surface area contributed by atoms with Crippen molar-refractivity contribution in [2.45, 2.75) is 13.0 Å². The number of para-hydroxylation sites is 2. The molecule has 0 radical (unpaired) electrons. The van der Waals surface area contributed by atoms with E-state index in [2.05, 4.69) is 5.32 Å². The molecule has 0 aliphatic rings. The molecule has 2 rings (SSSR count). The number of nitro benzene ring substituents is 1. The van der Waals surface area contributed by atoms with Crippen LogP contribution in [0.2, 0.25) is 0 Å². The van der Waals surface area contributed by atoms with E-state index in [4.69, 9.17) is 9.47 Å². The first-order chi connectivity index (χ1) is 12.3. The number of anilines is 1. The first kappa shape index (κ1) is 18.7. The molecule has 9 nitrogen and oxygen atoms in total. The largest absolute Gasteiger partial charge is 0.507 e. The van der Waals surface area contributed by atoms with Crippen molar-refractivity contribution >= 4 is 23.3 Å². The number of esters is 1. The third kappa shape index (κ3) is 4.26. The number of phenolic OH excluding ortho intramolecular Hbond substituents is 1. The van der Waals surface area contributed by atoms with Crippen LogP contribution in [0.15, 0.2) is 42.5 Å². The van der Waals surface area contributed by atoms with Crippen LogP contribution in [0.5, 0.6) is 11.5 Å². The molecule has 0 saturated heterocycles. The molecule has 0 spiro atoms. The van der Waals surface area contributed by atoms with Gasteiger partial charge in [0.1, 0.15) is 22.7 Å². The fraction of sp³-hybridized carbons (Fsp3) is 0.176. The van der Waals surface area contributed by atoms with E-state index in [1.54, 1.807) is 0 Å². The molecule has 136 valence electrons. The van der Waals surface area contributed by atoms with Gasteiger partial charge in [0.2, 0.25) is 0 Å². The van der Waals surface area contributed by atoms with E-state index in [1.807, 2.05) is 0 Å². The highest BCUT2D eigenvalue weighted by Crippen LogP contribution is 2.25. The van der Waals surface area contributed by atoms with E-state index < -0.39 is 22.9 Å². The summed E-state index contributed by atoms with van der Waals surface area (Å²) in [6.45, 7) is 1.30. The van der Waals surface area contributed by atoms with Gasteiger partial charge in [0.05, 0.1) is 12.0 Å². The van der Waals surface area contributed by atoms with Crippen LogP contribution in [-0.2, 0) is 9.53 Å². The van der Waals surface area contributed by atoms with Gasteiger partial charge < -0.3 is 19.9 Å². The highest BCUT2D eigenvalue weighted by Gasteiger charge is 2.23. The number of aromatic hydroxyl groups is 1. The van der Waals surface area contributed by atoms with Crippen molar-refractivity contribution in [1.29, 1.82) is 0 Å². The van der Waals surface area contributed by atoms with Crippen molar-refractivity contribution in [3.05, 3.63) is 58.1 Å². The minimum atomic E-state index is -1.26. The molecule has 0 fully saturated rings. The average Bonchev–Trinajstić information content (AvgIpc) is 2.62. The number of rotatable bonds is 6. The van der Waals surface area contributed by atoms with Crippen LogP contribution < -0.4 is 10.1 Å². The van der Waals surface area contributed by atoms with Gasteiger partial charge in [-0.1, -0.05) is 12.1 Å². The molecule has 2 N–H and O–H groups in total. The van der Waals surface area contributed by atoms with Crippen LogP contribution in [-0.4, -0.2) is 35.1 Å². The van der Waals surface area contributed by atoms with Gasteiger partial charge in [-0.2, -0.15) is 0 Å². The number of nitrogens with zero attached hydrogens (tertiary/aromatic N) is 1. The van der Waals surface area contributed by atoms with Crippen LogP contribution in [0, 0.1) is 10.1 Å². The fourth-order valence-electron chi connectivity index (χ4n) is 2.06. The molecular formula is C17H16N2O7. The third-order valence-electron chi connectivity index (χ3n) is 3.44. The predicted molar refractivity (Wildman–Crippen MR) is 91.3 cm³/mol. The van der Waals surface area contributed by atoms with Crippen molar-refractivity contribution in [3.63, 3.8) is 0 Å². The summed E-state index contributed by atoms with van der Waals surface area (Å²) in [6, 6.07) is 9.56. The Balaban J connectivity index is 2.10. The average molecular weight is 360 g/mol. The number of hydrogen-bond acceptors (Lipinski definition) is 7. The summed E-state index contributed by atoms with van der Waals surface area (Å²) in [5.74, 6) is -1.70. The summed E-state index contributed by atoms with van der Waals surface area (Å²) >= 11 is 0. The number of benzene rings is 2. The molecule has 0 unspecified atom stereocenters. The Morgan fingerprint density at radius 1 is 1.23 bits per heavy atom. The van der Waals surface area contributed by atoms with Gasteiger partial charge in [-0.05, 0) is 31.2 Å². The van der Waals surface area contributed by atoms with E-state index in [0.29, 0.717) is 5.75 Å². The summed E-state index contributed by atoms with van der Waals surface area (Å²) in [5.41, 5.74) is -0.478. The second-order valence-corrected chi connectivity index (χ2v) is 5.19. The molecule has 0 aromatic heterocycles. The zero-order valence-corrected chi connectivity index (χ0v) is 14.0. The van der Waals surface area contributed by atoms with Crippen LogP contribution in [0.1, 0.15) is 17.3 Å². The minimum absolute atomic E-state index is 0.0189. The number of amides is 1. The summed E-state index contributed by atoms with van der Waals surface area (Å²) in [7, 11) is 1.39. The highest BCUT2D eigenvalue weighted by molar-refractivity contribution is 5.99. The monoisotopic (exact) mass is 360 g/mol. The van der Waals surface area contributed by atoms with E-state index in [1.165, 1.54) is 56.5 Å². The Bertz CT molecular complexity index is 851. The van der Waals surface area contributed by atoms with E-state index in [0.717, 1.165) is 0 Å². The van der Waals surface area contributed by atoms with Crippen LogP contribution in [0.25, 0.3) is 0 Å². The van der Waals surface area contributed by atoms with Crippen molar-refractivity contribution in [3.8, 4) is 11.5 Å². The Morgan fingerprint density at radius 3 is 2.58 bits per heavy atom. The molecule has 0 aliphatic carbocycles. The van der Waals surface area contributed by atoms with E-state index in [9.17, 15) is 24.8 Å². The molecule has 1 atom stereocenters. The molecule has 0 heterocycles. The van der Waals surface area contributed by atoms with Gasteiger partial charge in [0.25, 0.3) is 11.6 Å². The van der Waals surface area contributed by atoms with Gasteiger partial charge in [0.15, 0.2) is 6.10 Å². The normalized spacial score (nSPS) is 11.3. The number of nitrogens with one attached hydrogen (secondary N) is 1. The zero-order chi connectivity index (χ0) is 19.3. The summed E-state index contributed by atoms with van der Waals surface area (Å²) in [6.07, 6.45) is -1.26. The third-order valence-corrected chi connectivity index (χ3v) is 3.44. The number of hydrogen-bond donors (Lipinski definition) is 2. The van der Waals surface area contributed by atoms with Crippen LogP contribution in [0.4, 0.5) is 11.4 Å². The molecular weight excluding hydrogens is 344 g/mol. The molecule has 2 aromatic rings. The SMILES string of the molecule is COc1ccc(O)c(C(=O)O[C@H](C)C(=O)Nc2ccccc2[N+](=O)[O-])c1. The van der Waals surface area contributed by atoms with Crippen molar-refractivity contribution < 1.29 is 29.1 Å².